The second-order valence-electron chi connectivity index (χ2n) is 2.68. The quantitative estimate of drug-likeness (QED) is 0.736. The molecule has 0 saturated carbocycles. The maximum Gasteiger partial charge on any atom is 0.0507 e. The van der Waals surface area contributed by atoms with Gasteiger partial charge in [-0.1, -0.05) is 19.4 Å². The van der Waals surface area contributed by atoms with Crippen molar-refractivity contribution < 1.29 is 5.11 Å². The van der Waals surface area contributed by atoms with Crippen molar-refractivity contribution in [1.29, 1.82) is 0 Å². The zero-order valence-corrected chi connectivity index (χ0v) is 7.60. The van der Waals surface area contributed by atoms with Gasteiger partial charge in [-0.05, 0) is 17.9 Å². The summed E-state index contributed by atoms with van der Waals surface area (Å²) in [6.45, 7) is 2.44. The highest BCUT2D eigenvalue weighted by molar-refractivity contribution is 7.10. The zero-order chi connectivity index (χ0) is 8.10. The molecule has 1 rings (SSSR count). The van der Waals surface area contributed by atoms with Crippen molar-refractivity contribution in [3.63, 3.8) is 0 Å². The molecule has 2 heteroatoms. The van der Waals surface area contributed by atoms with E-state index in [1.165, 1.54) is 4.88 Å². The van der Waals surface area contributed by atoms with Crippen molar-refractivity contribution in [2.45, 2.75) is 25.7 Å². The molecule has 11 heavy (non-hydrogen) atoms. The summed E-state index contributed by atoms with van der Waals surface area (Å²) in [5, 5.41) is 11.1. The number of hydrogen-bond donors (Lipinski definition) is 1. The van der Waals surface area contributed by atoms with E-state index in [2.05, 4.69) is 18.4 Å². The Balaban J connectivity index is 2.56. The van der Waals surface area contributed by atoms with Crippen LogP contribution in [0, 0.1) is 0 Å². The first-order chi connectivity index (χ1) is 5.38. The van der Waals surface area contributed by atoms with Crippen molar-refractivity contribution in [3.8, 4) is 0 Å². The first kappa shape index (κ1) is 8.75. The minimum absolute atomic E-state index is 0.286. The fourth-order valence-corrected chi connectivity index (χ4v) is 2.05. The molecule has 1 heterocycles. The summed E-state index contributed by atoms with van der Waals surface area (Å²) in [5.74, 6) is 0.375. The van der Waals surface area contributed by atoms with Crippen LogP contribution in [0.5, 0.6) is 0 Å². The molecule has 62 valence electrons. The molecule has 0 saturated heterocycles. The van der Waals surface area contributed by atoms with Crippen LogP contribution in [0.4, 0.5) is 0 Å². The summed E-state index contributed by atoms with van der Waals surface area (Å²) in [6, 6.07) is 4.14. The summed E-state index contributed by atoms with van der Waals surface area (Å²) in [4.78, 5) is 1.31. The fourth-order valence-electron chi connectivity index (χ4n) is 1.20. The summed E-state index contributed by atoms with van der Waals surface area (Å²) < 4.78 is 0. The van der Waals surface area contributed by atoms with Crippen LogP contribution in [-0.4, -0.2) is 11.7 Å². The third-order valence-corrected chi connectivity index (χ3v) is 2.84. The molecule has 0 aliphatic heterocycles. The van der Waals surface area contributed by atoms with Crippen LogP contribution < -0.4 is 0 Å². The Morgan fingerprint density at radius 2 is 2.45 bits per heavy atom. The van der Waals surface area contributed by atoms with Crippen LogP contribution >= 0.6 is 11.3 Å². The Labute approximate surface area is 71.7 Å². The molecule has 0 aliphatic carbocycles. The summed E-state index contributed by atoms with van der Waals surface area (Å²) in [5.41, 5.74) is 0. The Morgan fingerprint density at radius 1 is 1.64 bits per heavy atom. The molecule has 0 amide bonds. The smallest absolute Gasteiger partial charge is 0.0507 e. The van der Waals surface area contributed by atoms with Crippen LogP contribution in [0.2, 0.25) is 0 Å². The van der Waals surface area contributed by atoms with E-state index in [0.29, 0.717) is 5.92 Å². The van der Waals surface area contributed by atoms with E-state index >= 15 is 0 Å². The SMILES string of the molecule is CCCC(CO)c1cccs1. The Morgan fingerprint density at radius 3 is 2.91 bits per heavy atom. The van der Waals surface area contributed by atoms with E-state index in [9.17, 15) is 0 Å². The molecule has 0 fully saturated rings. The minimum Gasteiger partial charge on any atom is -0.396 e. The molecule has 0 bridgehead atoms. The standard InChI is InChI=1S/C9H14OS/c1-2-4-8(7-10)9-5-3-6-11-9/h3,5-6,8,10H,2,4,7H2,1H3. The van der Waals surface area contributed by atoms with Crippen molar-refractivity contribution in [1.82, 2.24) is 0 Å². The second-order valence-corrected chi connectivity index (χ2v) is 3.66. The molecule has 1 aromatic rings. The Bertz CT molecular complexity index is 181. The highest BCUT2D eigenvalue weighted by Gasteiger charge is 2.08. The zero-order valence-electron chi connectivity index (χ0n) is 6.79. The van der Waals surface area contributed by atoms with Crippen molar-refractivity contribution in [2.75, 3.05) is 6.61 Å². The van der Waals surface area contributed by atoms with Crippen LogP contribution in [-0.2, 0) is 0 Å². The molecule has 1 N–H and O–H groups in total. The molecule has 0 aliphatic rings. The average Bonchev–Trinajstić information content (AvgIpc) is 2.52. The van der Waals surface area contributed by atoms with Gasteiger partial charge in [-0.3, -0.25) is 0 Å². The molecule has 0 spiro atoms. The van der Waals surface area contributed by atoms with Crippen molar-refractivity contribution in [2.24, 2.45) is 0 Å². The highest BCUT2D eigenvalue weighted by atomic mass is 32.1. The summed E-state index contributed by atoms with van der Waals surface area (Å²) in [6.07, 6.45) is 2.24. The second kappa shape index (κ2) is 4.52. The lowest BCUT2D eigenvalue weighted by Gasteiger charge is -2.09. The number of hydrogen-bond acceptors (Lipinski definition) is 2. The van der Waals surface area contributed by atoms with Crippen LogP contribution in [0.25, 0.3) is 0 Å². The van der Waals surface area contributed by atoms with Crippen molar-refractivity contribution >= 4 is 11.3 Å². The predicted molar refractivity (Wildman–Crippen MR) is 49.1 cm³/mol. The number of aliphatic hydroxyl groups is 1. The van der Waals surface area contributed by atoms with E-state index < -0.39 is 0 Å². The fraction of sp³-hybridized carbons (Fsp3) is 0.556. The van der Waals surface area contributed by atoms with Gasteiger partial charge < -0.3 is 5.11 Å². The molecule has 0 radical (unpaired) electrons. The summed E-state index contributed by atoms with van der Waals surface area (Å²) in [7, 11) is 0. The first-order valence-corrected chi connectivity index (χ1v) is 4.90. The van der Waals surface area contributed by atoms with Gasteiger partial charge >= 0.3 is 0 Å². The van der Waals surface area contributed by atoms with Gasteiger partial charge in [0.05, 0.1) is 6.61 Å². The van der Waals surface area contributed by atoms with Gasteiger partial charge in [0.25, 0.3) is 0 Å². The lowest BCUT2D eigenvalue weighted by atomic mass is 10.0. The molecular weight excluding hydrogens is 156 g/mol. The lowest BCUT2D eigenvalue weighted by molar-refractivity contribution is 0.260. The van der Waals surface area contributed by atoms with Gasteiger partial charge in [-0.25, -0.2) is 0 Å². The Hall–Kier alpha value is -0.340. The molecule has 1 nitrogen and oxygen atoms in total. The lowest BCUT2D eigenvalue weighted by Crippen LogP contribution is -2.00. The van der Waals surface area contributed by atoms with Crippen molar-refractivity contribution in [3.05, 3.63) is 22.4 Å². The third kappa shape index (κ3) is 2.31. The van der Waals surface area contributed by atoms with E-state index in [1.807, 2.05) is 6.07 Å². The first-order valence-electron chi connectivity index (χ1n) is 4.02. The molecule has 1 atom stereocenters. The van der Waals surface area contributed by atoms with E-state index in [4.69, 9.17) is 5.11 Å². The molecular formula is C9H14OS. The Kier molecular flexibility index (Phi) is 3.60. The van der Waals surface area contributed by atoms with Gasteiger partial charge in [-0.2, -0.15) is 0 Å². The van der Waals surface area contributed by atoms with E-state index in [1.54, 1.807) is 11.3 Å². The number of rotatable bonds is 4. The van der Waals surface area contributed by atoms with Crippen LogP contribution in [0.1, 0.15) is 30.6 Å². The molecule has 1 unspecified atom stereocenters. The van der Waals surface area contributed by atoms with Gasteiger partial charge in [0, 0.05) is 10.8 Å². The maximum absolute atomic E-state index is 9.04. The van der Waals surface area contributed by atoms with Crippen LogP contribution in [0.3, 0.4) is 0 Å². The molecule has 0 aromatic carbocycles. The normalized spacial score (nSPS) is 13.3. The minimum atomic E-state index is 0.286. The average molecular weight is 170 g/mol. The van der Waals surface area contributed by atoms with Gasteiger partial charge in [0.1, 0.15) is 0 Å². The third-order valence-electron chi connectivity index (χ3n) is 1.80. The monoisotopic (exact) mass is 170 g/mol. The van der Waals surface area contributed by atoms with Gasteiger partial charge in [0.15, 0.2) is 0 Å². The maximum atomic E-state index is 9.04. The van der Waals surface area contributed by atoms with E-state index in [0.717, 1.165) is 12.8 Å². The van der Waals surface area contributed by atoms with Gasteiger partial charge in [0.2, 0.25) is 0 Å². The van der Waals surface area contributed by atoms with E-state index in [-0.39, 0.29) is 6.61 Å². The molecule has 1 aromatic heterocycles. The summed E-state index contributed by atoms with van der Waals surface area (Å²) >= 11 is 1.74. The number of aliphatic hydroxyl groups excluding tert-OH is 1. The number of thiophene rings is 1. The highest BCUT2D eigenvalue weighted by Crippen LogP contribution is 2.24. The largest absolute Gasteiger partial charge is 0.396 e. The van der Waals surface area contributed by atoms with Gasteiger partial charge in [-0.15, -0.1) is 11.3 Å². The predicted octanol–water partition coefficient (Wildman–Crippen LogP) is 2.62. The topological polar surface area (TPSA) is 20.2 Å². The van der Waals surface area contributed by atoms with Crippen LogP contribution in [0.15, 0.2) is 17.5 Å².